The van der Waals surface area contributed by atoms with E-state index in [1.54, 1.807) is 12.1 Å². The second-order valence-electron chi connectivity index (χ2n) is 6.55. The molecule has 0 spiro atoms. The van der Waals surface area contributed by atoms with Crippen molar-refractivity contribution in [1.29, 1.82) is 0 Å². The molecular formula is C22H24N2O5. The molecule has 0 N–H and O–H groups in total. The standard InChI is InChI=1S/C22H24N2O5/c1-3-4-10-28-21(25)13-24-15-23-18-12-20(19(27-2)11-17(18)22(24)26)29-14-16-8-6-5-7-9-16/h5-9,11-12,15H,3-4,10,13-14H2,1-2H3. The molecule has 0 fully saturated rings. The predicted molar refractivity (Wildman–Crippen MR) is 109 cm³/mol. The van der Waals surface area contributed by atoms with Gasteiger partial charge in [-0.2, -0.15) is 0 Å². The number of hydrogen-bond donors (Lipinski definition) is 0. The van der Waals surface area contributed by atoms with Crippen LogP contribution in [0.1, 0.15) is 25.3 Å². The minimum atomic E-state index is -0.462. The average molecular weight is 396 g/mol. The van der Waals surface area contributed by atoms with Crippen LogP contribution in [-0.4, -0.2) is 29.2 Å². The summed E-state index contributed by atoms with van der Waals surface area (Å²) in [6, 6.07) is 13.0. The molecule has 0 saturated carbocycles. The molecule has 0 amide bonds. The summed E-state index contributed by atoms with van der Waals surface area (Å²) in [5.41, 5.74) is 1.14. The Morgan fingerprint density at radius 1 is 1.14 bits per heavy atom. The van der Waals surface area contributed by atoms with Crippen molar-refractivity contribution < 1.29 is 19.0 Å². The summed E-state index contributed by atoms with van der Waals surface area (Å²) in [6.45, 7) is 2.54. The number of carbonyl (C=O) groups is 1. The van der Waals surface area contributed by atoms with E-state index in [9.17, 15) is 9.59 Å². The molecule has 2 aromatic carbocycles. The van der Waals surface area contributed by atoms with E-state index in [0.717, 1.165) is 18.4 Å². The first-order valence-electron chi connectivity index (χ1n) is 9.52. The van der Waals surface area contributed by atoms with E-state index in [1.807, 2.05) is 37.3 Å². The number of hydrogen-bond acceptors (Lipinski definition) is 6. The molecule has 0 aliphatic heterocycles. The quantitative estimate of drug-likeness (QED) is 0.408. The van der Waals surface area contributed by atoms with Gasteiger partial charge in [0.2, 0.25) is 0 Å². The molecule has 0 radical (unpaired) electrons. The molecule has 0 atom stereocenters. The lowest BCUT2D eigenvalue weighted by Gasteiger charge is -2.13. The number of aromatic nitrogens is 2. The lowest BCUT2D eigenvalue weighted by Crippen LogP contribution is -2.26. The Balaban J connectivity index is 1.82. The summed E-state index contributed by atoms with van der Waals surface area (Å²) in [4.78, 5) is 29.0. The van der Waals surface area contributed by atoms with Gasteiger partial charge >= 0.3 is 5.97 Å². The van der Waals surface area contributed by atoms with E-state index in [-0.39, 0.29) is 12.1 Å². The van der Waals surface area contributed by atoms with Crippen molar-refractivity contribution in [2.24, 2.45) is 0 Å². The van der Waals surface area contributed by atoms with Crippen LogP contribution < -0.4 is 15.0 Å². The molecule has 3 aromatic rings. The van der Waals surface area contributed by atoms with Gasteiger partial charge in [-0.05, 0) is 18.1 Å². The average Bonchev–Trinajstić information content (AvgIpc) is 2.74. The fraction of sp³-hybridized carbons (Fsp3) is 0.318. The van der Waals surface area contributed by atoms with Gasteiger partial charge in [0.25, 0.3) is 5.56 Å². The van der Waals surface area contributed by atoms with Gasteiger partial charge in [-0.3, -0.25) is 14.2 Å². The highest BCUT2D eigenvalue weighted by atomic mass is 16.5. The fourth-order valence-electron chi connectivity index (χ4n) is 2.80. The highest BCUT2D eigenvalue weighted by molar-refractivity contribution is 5.82. The Labute approximate surface area is 168 Å². The molecule has 1 aromatic heterocycles. The monoisotopic (exact) mass is 396 g/mol. The second kappa shape index (κ2) is 9.73. The fourth-order valence-corrected chi connectivity index (χ4v) is 2.80. The van der Waals surface area contributed by atoms with Crippen LogP contribution in [0.25, 0.3) is 10.9 Å². The summed E-state index contributed by atoms with van der Waals surface area (Å²) in [5, 5.41) is 0.345. The van der Waals surface area contributed by atoms with Crippen molar-refractivity contribution in [2.75, 3.05) is 13.7 Å². The van der Waals surface area contributed by atoms with Crippen LogP contribution in [-0.2, 0) is 22.7 Å². The van der Waals surface area contributed by atoms with E-state index < -0.39 is 5.97 Å². The molecular weight excluding hydrogens is 372 g/mol. The lowest BCUT2D eigenvalue weighted by molar-refractivity contribution is -0.144. The van der Waals surface area contributed by atoms with Crippen molar-refractivity contribution >= 4 is 16.9 Å². The van der Waals surface area contributed by atoms with Gasteiger partial charge in [-0.1, -0.05) is 43.7 Å². The zero-order chi connectivity index (χ0) is 20.6. The minimum absolute atomic E-state index is 0.180. The molecule has 0 unspecified atom stereocenters. The van der Waals surface area contributed by atoms with Crippen molar-refractivity contribution in [3.05, 3.63) is 64.7 Å². The number of rotatable bonds is 9. The number of methoxy groups -OCH3 is 1. The first-order chi connectivity index (χ1) is 14.1. The number of esters is 1. The summed E-state index contributed by atoms with van der Waals surface area (Å²) in [5.74, 6) is 0.458. The number of ether oxygens (including phenoxy) is 3. The van der Waals surface area contributed by atoms with Gasteiger partial charge in [0.05, 0.1) is 30.9 Å². The number of benzene rings is 2. The zero-order valence-electron chi connectivity index (χ0n) is 16.6. The van der Waals surface area contributed by atoms with Crippen molar-refractivity contribution in [3.8, 4) is 11.5 Å². The number of carbonyl (C=O) groups excluding carboxylic acids is 1. The summed E-state index contributed by atoms with van der Waals surface area (Å²) in [7, 11) is 1.51. The van der Waals surface area contributed by atoms with Crippen LogP contribution in [0.2, 0.25) is 0 Å². The van der Waals surface area contributed by atoms with Crippen LogP contribution >= 0.6 is 0 Å². The second-order valence-corrected chi connectivity index (χ2v) is 6.55. The van der Waals surface area contributed by atoms with Gasteiger partial charge in [-0.15, -0.1) is 0 Å². The molecule has 0 aliphatic rings. The third-order valence-corrected chi connectivity index (χ3v) is 4.41. The largest absolute Gasteiger partial charge is 0.493 e. The van der Waals surface area contributed by atoms with Crippen molar-refractivity contribution in [3.63, 3.8) is 0 Å². The third kappa shape index (κ3) is 5.13. The first kappa shape index (κ1) is 20.4. The highest BCUT2D eigenvalue weighted by Crippen LogP contribution is 2.31. The zero-order valence-corrected chi connectivity index (χ0v) is 16.6. The molecule has 0 saturated heterocycles. The normalized spacial score (nSPS) is 10.7. The third-order valence-electron chi connectivity index (χ3n) is 4.41. The molecule has 0 bridgehead atoms. The predicted octanol–water partition coefficient (Wildman–Crippen LogP) is 3.33. The maximum absolute atomic E-state index is 12.8. The van der Waals surface area contributed by atoms with Crippen molar-refractivity contribution in [2.45, 2.75) is 32.9 Å². The van der Waals surface area contributed by atoms with Crippen LogP contribution in [0.4, 0.5) is 0 Å². The van der Waals surface area contributed by atoms with Crippen LogP contribution in [0.5, 0.6) is 11.5 Å². The van der Waals surface area contributed by atoms with E-state index in [4.69, 9.17) is 14.2 Å². The van der Waals surface area contributed by atoms with E-state index in [0.29, 0.717) is 35.6 Å². The highest BCUT2D eigenvalue weighted by Gasteiger charge is 2.14. The maximum atomic E-state index is 12.8. The van der Waals surface area contributed by atoms with Gasteiger partial charge < -0.3 is 14.2 Å². The van der Waals surface area contributed by atoms with Crippen LogP contribution in [0.15, 0.2) is 53.6 Å². The Morgan fingerprint density at radius 2 is 1.93 bits per heavy atom. The summed E-state index contributed by atoms with van der Waals surface area (Å²) < 4.78 is 17.6. The lowest BCUT2D eigenvalue weighted by atomic mass is 10.2. The number of unbranched alkanes of at least 4 members (excludes halogenated alkanes) is 1. The first-order valence-corrected chi connectivity index (χ1v) is 9.52. The smallest absolute Gasteiger partial charge is 0.326 e. The van der Waals surface area contributed by atoms with Gasteiger partial charge in [0.15, 0.2) is 11.5 Å². The SMILES string of the molecule is CCCCOC(=O)Cn1cnc2cc(OCc3ccccc3)c(OC)cc2c1=O. The molecule has 29 heavy (non-hydrogen) atoms. The molecule has 0 aliphatic carbocycles. The molecule has 3 rings (SSSR count). The minimum Gasteiger partial charge on any atom is -0.493 e. The Kier molecular flexibility index (Phi) is 6.84. The van der Waals surface area contributed by atoms with Gasteiger partial charge in [0, 0.05) is 6.07 Å². The van der Waals surface area contributed by atoms with Gasteiger partial charge in [-0.25, -0.2) is 4.98 Å². The van der Waals surface area contributed by atoms with E-state index >= 15 is 0 Å². The van der Waals surface area contributed by atoms with Crippen LogP contribution in [0.3, 0.4) is 0 Å². The molecule has 7 heteroatoms. The Morgan fingerprint density at radius 3 is 2.66 bits per heavy atom. The number of fused-ring (bicyclic) bond motifs is 1. The van der Waals surface area contributed by atoms with E-state index in [1.165, 1.54) is 18.0 Å². The molecule has 1 heterocycles. The maximum Gasteiger partial charge on any atom is 0.326 e. The van der Waals surface area contributed by atoms with Crippen LogP contribution in [0, 0.1) is 0 Å². The van der Waals surface area contributed by atoms with Crippen molar-refractivity contribution in [1.82, 2.24) is 9.55 Å². The summed E-state index contributed by atoms with van der Waals surface area (Å²) >= 11 is 0. The Bertz CT molecular complexity index is 1030. The van der Waals surface area contributed by atoms with E-state index in [2.05, 4.69) is 4.98 Å². The number of nitrogens with zero attached hydrogens (tertiary/aromatic N) is 2. The summed E-state index contributed by atoms with van der Waals surface area (Å²) in [6.07, 6.45) is 3.07. The topological polar surface area (TPSA) is 79.7 Å². The molecule has 7 nitrogen and oxygen atoms in total. The van der Waals surface area contributed by atoms with Gasteiger partial charge in [0.1, 0.15) is 13.2 Å². The molecule has 152 valence electrons. The Hall–Kier alpha value is -3.35.